The molecule has 0 saturated heterocycles. The maximum atomic E-state index is 12.4. The molecule has 0 aliphatic heterocycles. The number of nitrogen functional groups attached to an aromatic ring is 1. The fourth-order valence-electron chi connectivity index (χ4n) is 2.65. The number of nitrogens with one attached hydrogen (secondary N) is 3. The average molecular weight is 382 g/mol. The van der Waals surface area contributed by atoms with E-state index in [2.05, 4.69) is 15.6 Å². The summed E-state index contributed by atoms with van der Waals surface area (Å²) < 4.78 is 1.29. The summed E-state index contributed by atoms with van der Waals surface area (Å²) in [5.41, 5.74) is 4.92. The van der Waals surface area contributed by atoms with Crippen LogP contribution in [-0.2, 0) is 11.3 Å². The van der Waals surface area contributed by atoms with Gasteiger partial charge in [0.25, 0.3) is 5.56 Å². The fraction of sp³-hybridized carbons (Fsp3) is 0.647. The number of aromatic amines is 1. The number of amides is 3. The Kier molecular flexibility index (Phi) is 8.07. The Bertz CT molecular complexity index is 781. The summed E-state index contributed by atoms with van der Waals surface area (Å²) in [5.74, 6) is -0.346. The average Bonchev–Trinajstić information content (AvgIpc) is 2.50. The van der Waals surface area contributed by atoms with Crippen molar-refractivity contribution in [2.75, 3.05) is 30.3 Å². The maximum absolute atomic E-state index is 12.4. The van der Waals surface area contributed by atoms with Crippen LogP contribution in [0.2, 0.25) is 0 Å². The molecule has 152 valence electrons. The van der Waals surface area contributed by atoms with Crippen molar-refractivity contribution in [3.63, 3.8) is 0 Å². The van der Waals surface area contributed by atoms with E-state index in [0.717, 1.165) is 0 Å². The predicted molar refractivity (Wildman–Crippen MR) is 105 cm³/mol. The summed E-state index contributed by atoms with van der Waals surface area (Å²) >= 11 is 0. The second-order valence-electron chi connectivity index (χ2n) is 7.18. The first-order valence-electron chi connectivity index (χ1n) is 9.01. The van der Waals surface area contributed by atoms with Crippen molar-refractivity contribution in [3.8, 4) is 0 Å². The van der Waals surface area contributed by atoms with Gasteiger partial charge in [0.05, 0.1) is 6.54 Å². The number of nitrogens with zero attached hydrogens (tertiary/aromatic N) is 2. The molecule has 10 nitrogen and oxygen atoms in total. The smallest absolute Gasteiger partial charge is 0.330 e. The van der Waals surface area contributed by atoms with Crippen LogP contribution in [0.25, 0.3) is 0 Å². The van der Waals surface area contributed by atoms with Crippen LogP contribution in [0.1, 0.15) is 34.6 Å². The highest BCUT2D eigenvalue weighted by atomic mass is 16.2. The number of hydrogen-bond acceptors (Lipinski definition) is 6. The molecule has 1 heterocycles. The summed E-state index contributed by atoms with van der Waals surface area (Å²) in [7, 11) is 0. The highest BCUT2D eigenvalue weighted by Crippen LogP contribution is 2.18. The second kappa shape index (κ2) is 9.79. The van der Waals surface area contributed by atoms with Crippen LogP contribution in [0.3, 0.4) is 0 Å². The van der Waals surface area contributed by atoms with Gasteiger partial charge in [-0.3, -0.25) is 24.5 Å². The first kappa shape index (κ1) is 22.3. The third-order valence-corrected chi connectivity index (χ3v) is 3.59. The van der Waals surface area contributed by atoms with Crippen LogP contribution >= 0.6 is 0 Å². The molecule has 1 aromatic rings. The zero-order valence-corrected chi connectivity index (χ0v) is 16.6. The lowest BCUT2D eigenvalue weighted by Crippen LogP contribution is -2.47. The van der Waals surface area contributed by atoms with Gasteiger partial charge in [-0.05, 0) is 18.8 Å². The van der Waals surface area contributed by atoms with Crippen molar-refractivity contribution >= 4 is 23.4 Å². The molecule has 0 aliphatic rings. The highest BCUT2D eigenvalue weighted by molar-refractivity contribution is 5.96. The molecule has 3 amide bonds. The van der Waals surface area contributed by atoms with Gasteiger partial charge in [-0.2, -0.15) is 0 Å². The van der Waals surface area contributed by atoms with Crippen LogP contribution in [-0.4, -0.2) is 41.1 Å². The Hall–Kier alpha value is -2.78. The number of anilines is 2. The van der Waals surface area contributed by atoms with E-state index in [1.807, 2.05) is 27.7 Å². The number of hydrogen-bond donors (Lipinski definition) is 4. The SMILES string of the molecule is CCNC(=O)NC(=O)CN(CC(C)C)c1c(N)n(CC(C)C)c(=O)[nH]c1=O. The molecule has 0 radical (unpaired) electrons. The van der Waals surface area contributed by atoms with Crippen molar-refractivity contribution < 1.29 is 9.59 Å². The molecule has 0 unspecified atom stereocenters. The van der Waals surface area contributed by atoms with Crippen molar-refractivity contribution in [3.05, 3.63) is 20.8 Å². The van der Waals surface area contributed by atoms with E-state index < -0.39 is 23.2 Å². The largest absolute Gasteiger partial charge is 0.383 e. The Morgan fingerprint density at radius 3 is 2.33 bits per heavy atom. The molecule has 0 spiro atoms. The van der Waals surface area contributed by atoms with Gasteiger partial charge in [-0.25, -0.2) is 9.59 Å². The van der Waals surface area contributed by atoms with Gasteiger partial charge in [0, 0.05) is 19.6 Å². The zero-order chi connectivity index (χ0) is 20.7. The standard InChI is InChI=1S/C17H30N6O4/c1-6-19-16(26)20-12(24)9-22(7-10(2)3)13-14(18)23(8-11(4)5)17(27)21-15(13)25/h10-11H,6-9,18H2,1-5H3,(H,21,25,27)(H2,19,20,24,26). The van der Waals surface area contributed by atoms with E-state index in [-0.39, 0.29) is 29.9 Å². The van der Waals surface area contributed by atoms with Crippen molar-refractivity contribution in [2.45, 2.75) is 41.2 Å². The molecule has 27 heavy (non-hydrogen) atoms. The van der Waals surface area contributed by atoms with Crippen molar-refractivity contribution in [1.29, 1.82) is 0 Å². The summed E-state index contributed by atoms with van der Waals surface area (Å²) in [6, 6.07) is -0.612. The molecule has 0 fully saturated rings. The number of urea groups is 1. The minimum Gasteiger partial charge on any atom is -0.383 e. The van der Waals surface area contributed by atoms with Gasteiger partial charge in [0.15, 0.2) is 0 Å². The molecule has 5 N–H and O–H groups in total. The lowest BCUT2D eigenvalue weighted by molar-refractivity contribution is -0.118. The first-order chi connectivity index (χ1) is 12.6. The number of carbonyl (C=O) groups excluding carboxylic acids is 2. The molecule has 0 bridgehead atoms. The third kappa shape index (κ3) is 6.46. The number of carbonyl (C=O) groups is 2. The normalized spacial score (nSPS) is 10.9. The molecule has 0 aromatic carbocycles. The molecule has 0 saturated carbocycles. The fourth-order valence-corrected chi connectivity index (χ4v) is 2.65. The number of imide groups is 1. The third-order valence-electron chi connectivity index (χ3n) is 3.59. The highest BCUT2D eigenvalue weighted by Gasteiger charge is 2.22. The summed E-state index contributed by atoms with van der Waals surface area (Å²) in [6.07, 6.45) is 0. The van der Waals surface area contributed by atoms with E-state index in [9.17, 15) is 19.2 Å². The van der Waals surface area contributed by atoms with Crippen molar-refractivity contribution in [1.82, 2.24) is 20.2 Å². The monoisotopic (exact) mass is 382 g/mol. The van der Waals surface area contributed by atoms with Crippen LogP contribution in [0.15, 0.2) is 9.59 Å². The van der Waals surface area contributed by atoms with Gasteiger partial charge >= 0.3 is 11.7 Å². The van der Waals surface area contributed by atoms with Crippen molar-refractivity contribution in [2.24, 2.45) is 11.8 Å². The van der Waals surface area contributed by atoms with Crippen LogP contribution < -0.4 is 32.5 Å². The second-order valence-corrected chi connectivity index (χ2v) is 7.18. The lowest BCUT2D eigenvalue weighted by atomic mass is 10.2. The predicted octanol–water partition coefficient (Wildman–Crippen LogP) is 0.0829. The molecule has 1 rings (SSSR count). The minimum atomic E-state index is -0.663. The Labute approximate surface area is 158 Å². The van der Waals surface area contributed by atoms with E-state index in [4.69, 9.17) is 5.73 Å². The molecular weight excluding hydrogens is 352 g/mol. The minimum absolute atomic E-state index is 0.00362. The lowest BCUT2D eigenvalue weighted by Gasteiger charge is -2.27. The molecular formula is C17H30N6O4. The Morgan fingerprint density at radius 2 is 1.81 bits per heavy atom. The number of nitrogens with two attached hydrogens (primary N) is 1. The van der Waals surface area contributed by atoms with Gasteiger partial charge in [0.1, 0.15) is 11.5 Å². The number of H-pyrrole nitrogens is 1. The van der Waals surface area contributed by atoms with Gasteiger partial charge in [0.2, 0.25) is 5.91 Å². The van der Waals surface area contributed by atoms with Gasteiger partial charge in [-0.1, -0.05) is 27.7 Å². The molecule has 0 aliphatic carbocycles. The van der Waals surface area contributed by atoms with Gasteiger partial charge in [-0.15, -0.1) is 0 Å². The Balaban J connectivity index is 3.27. The van der Waals surface area contributed by atoms with Crippen LogP contribution in [0.5, 0.6) is 0 Å². The van der Waals surface area contributed by atoms with E-state index in [1.54, 1.807) is 6.92 Å². The zero-order valence-electron chi connectivity index (χ0n) is 16.6. The summed E-state index contributed by atoms with van der Waals surface area (Å²) in [5, 5.41) is 4.66. The summed E-state index contributed by atoms with van der Waals surface area (Å²) in [4.78, 5) is 52.0. The van der Waals surface area contributed by atoms with Crippen LogP contribution in [0, 0.1) is 11.8 Å². The molecule has 0 atom stereocenters. The number of rotatable bonds is 8. The topological polar surface area (TPSA) is 142 Å². The molecule has 1 aromatic heterocycles. The van der Waals surface area contributed by atoms with Gasteiger partial charge < -0.3 is 16.0 Å². The molecule has 10 heteroatoms. The van der Waals surface area contributed by atoms with Crippen LogP contribution in [0.4, 0.5) is 16.3 Å². The quantitative estimate of drug-likeness (QED) is 0.502. The first-order valence-corrected chi connectivity index (χ1v) is 9.01. The number of aromatic nitrogens is 2. The Morgan fingerprint density at radius 1 is 1.19 bits per heavy atom. The summed E-state index contributed by atoms with van der Waals surface area (Å²) in [6.45, 7) is 10.2. The van der Waals surface area contributed by atoms with E-state index in [1.165, 1.54) is 9.47 Å². The maximum Gasteiger partial charge on any atom is 0.330 e. The van der Waals surface area contributed by atoms with E-state index >= 15 is 0 Å². The van der Waals surface area contributed by atoms with E-state index in [0.29, 0.717) is 19.6 Å².